The van der Waals surface area contributed by atoms with Gasteiger partial charge in [0.2, 0.25) is 5.90 Å². The van der Waals surface area contributed by atoms with Gasteiger partial charge >= 0.3 is 0 Å². The number of hydrogen-bond donors (Lipinski definition) is 3. The SMILES string of the molecule is COc1ccccc1CNNC(=O)[C@@]1(Cc2ccccc2)N=C(c2ccc(OCCCO)cc2)O[C@H]1c1ccccc1CN=[N+]=[N-]. The Morgan fingerprint density at radius 2 is 1.72 bits per heavy atom. The van der Waals surface area contributed by atoms with E-state index in [1.165, 1.54) is 0 Å². The minimum atomic E-state index is -1.45. The number of ether oxygens (including phenoxy) is 3. The van der Waals surface area contributed by atoms with Crippen LogP contribution in [0.2, 0.25) is 0 Å². The van der Waals surface area contributed by atoms with E-state index in [4.69, 9.17) is 29.8 Å². The smallest absolute Gasteiger partial charge is 0.266 e. The molecule has 0 saturated heterocycles. The Hall–Kier alpha value is -5.35. The Balaban J connectivity index is 1.55. The maximum absolute atomic E-state index is 14.5. The van der Waals surface area contributed by atoms with Gasteiger partial charge in [0.15, 0.2) is 11.6 Å². The van der Waals surface area contributed by atoms with E-state index in [0.717, 1.165) is 16.7 Å². The molecule has 11 heteroatoms. The van der Waals surface area contributed by atoms with Crippen molar-refractivity contribution >= 4 is 11.8 Å². The normalized spacial score (nSPS) is 16.9. The highest BCUT2D eigenvalue weighted by atomic mass is 16.5. The molecule has 0 saturated carbocycles. The Morgan fingerprint density at radius 1 is 1.00 bits per heavy atom. The van der Waals surface area contributed by atoms with Crippen LogP contribution in [0.5, 0.6) is 11.5 Å². The van der Waals surface area contributed by atoms with Crippen molar-refractivity contribution in [3.05, 3.63) is 141 Å². The van der Waals surface area contributed by atoms with E-state index in [1.54, 1.807) is 19.2 Å². The first-order valence-corrected chi connectivity index (χ1v) is 15.0. The quantitative estimate of drug-likeness (QED) is 0.0519. The van der Waals surface area contributed by atoms with E-state index in [9.17, 15) is 4.79 Å². The maximum atomic E-state index is 14.5. The van der Waals surface area contributed by atoms with Gasteiger partial charge in [-0.3, -0.25) is 10.2 Å². The van der Waals surface area contributed by atoms with Crippen LogP contribution in [0, 0.1) is 0 Å². The number of azide groups is 1. The summed E-state index contributed by atoms with van der Waals surface area (Å²) in [6, 6.07) is 31.9. The Labute approximate surface area is 267 Å². The molecule has 1 amide bonds. The highest BCUT2D eigenvalue weighted by molar-refractivity contribution is 6.01. The molecule has 3 N–H and O–H groups in total. The summed E-state index contributed by atoms with van der Waals surface area (Å²) in [6.07, 6.45) is -0.111. The molecule has 11 nitrogen and oxygen atoms in total. The molecule has 236 valence electrons. The molecule has 1 aliphatic rings. The molecule has 1 aliphatic heterocycles. The number of aliphatic imine (C=N–C) groups is 1. The molecule has 0 aliphatic carbocycles. The van der Waals surface area contributed by atoms with Gasteiger partial charge in [-0.1, -0.05) is 77.9 Å². The highest BCUT2D eigenvalue weighted by Crippen LogP contribution is 2.43. The molecule has 0 aromatic heterocycles. The lowest BCUT2D eigenvalue weighted by Gasteiger charge is -2.32. The predicted molar refractivity (Wildman–Crippen MR) is 174 cm³/mol. The van der Waals surface area contributed by atoms with Gasteiger partial charge in [-0.2, -0.15) is 0 Å². The van der Waals surface area contributed by atoms with E-state index >= 15 is 0 Å². The number of methoxy groups -OCH3 is 1. The number of aliphatic hydroxyl groups is 1. The molecular formula is C35H36N6O5. The third-order valence-electron chi connectivity index (χ3n) is 7.66. The Bertz CT molecular complexity index is 1690. The van der Waals surface area contributed by atoms with E-state index in [1.807, 2.05) is 91.0 Å². The number of hydrazine groups is 1. The summed E-state index contributed by atoms with van der Waals surface area (Å²) >= 11 is 0. The number of aliphatic hydroxyl groups excluding tert-OH is 1. The van der Waals surface area contributed by atoms with Gasteiger partial charge in [0, 0.05) is 42.0 Å². The zero-order chi connectivity index (χ0) is 32.2. The summed E-state index contributed by atoms with van der Waals surface area (Å²) < 4.78 is 17.8. The summed E-state index contributed by atoms with van der Waals surface area (Å²) in [4.78, 5) is 22.5. The molecule has 0 unspecified atom stereocenters. The summed E-state index contributed by atoms with van der Waals surface area (Å²) in [7, 11) is 1.60. The average molecular weight is 621 g/mol. The molecule has 0 bridgehead atoms. The van der Waals surface area contributed by atoms with Gasteiger partial charge in [-0.15, -0.1) is 0 Å². The monoisotopic (exact) mass is 620 g/mol. The predicted octanol–water partition coefficient (Wildman–Crippen LogP) is 5.59. The summed E-state index contributed by atoms with van der Waals surface area (Å²) in [5.74, 6) is 1.23. The van der Waals surface area contributed by atoms with Crippen molar-refractivity contribution < 1.29 is 24.1 Å². The van der Waals surface area contributed by atoms with Gasteiger partial charge in [-0.25, -0.2) is 10.4 Å². The number of nitrogens with zero attached hydrogens (tertiary/aromatic N) is 4. The number of amides is 1. The maximum Gasteiger partial charge on any atom is 0.266 e. The van der Waals surface area contributed by atoms with Crippen LogP contribution in [-0.2, 0) is 29.0 Å². The summed E-state index contributed by atoms with van der Waals surface area (Å²) in [5, 5.41) is 12.9. The minimum absolute atomic E-state index is 0.0462. The van der Waals surface area contributed by atoms with E-state index in [2.05, 4.69) is 20.9 Å². The lowest BCUT2D eigenvalue weighted by Crippen LogP contribution is -2.53. The van der Waals surface area contributed by atoms with Crippen molar-refractivity contribution in [3.8, 4) is 11.5 Å². The van der Waals surface area contributed by atoms with Crippen LogP contribution in [0.25, 0.3) is 10.4 Å². The summed E-state index contributed by atoms with van der Waals surface area (Å²) in [5.41, 5.74) is 17.4. The molecular weight excluding hydrogens is 584 g/mol. The van der Waals surface area contributed by atoms with Crippen LogP contribution >= 0.6 is 0 Å². The Morgan fingerprint density at radius 3 is 2.46 bits per heavy atom. The molecule has 0 fully saturated rings. The standard InChI is InChI=1S/C35H36N6O5/c1-44-31-15-8-6-13-28(31)24-37-40-34(43)35(22-25-10-3-2-4-11-25)32(30-14-7-5-12-27(30)23-38-41-36)46-33(39-35)26-16-18-29(19-17-26)45-21-9-20-42/h2-8,10-19,32,37,42H,9,20-24H2,1H3,(H,40,43)/t32-,35-/m0/s1. The Kier molecular flexibility index (Phi) is 10.9. The molecule has 4 aromatic rings. The molecule has 2 atom stereocenters. The van der Waals surface area contributed by atoms with Crippen molar-refractivity contribution in [1.29, 1.82) is 0 Å². The number of rotatable bonds is 15. The van der Waals surface area contributed by atoms with Crippen molar-refractivity contribution in [2.75, 3.05) is 20.3 Å². The van der Waals surface area contributed by atoms with Crippen LogP contribution < -0.4 is 20.3 Å². The number of carbonyl (C=O) groups is 1. The van der Waals surface area contributed by atoms with Crippen molar-refractivity contribution in [2.24, 2.45) is 10.1 Å². The fraction of sp³-hybridized carbons (Fsp3) is 0.257. The highest BCUT2D eigenvalue weighted by Gasteiger charge is 2.53. The van der Waals surface area contributed by atoms with Gasteiger partial charge in [0.05, 0.1) is 20.3 Å². The van der Waals surface area contributed by atoms with Gasteiger partial charge in [0.25, 0.3) is 5.91 Å². The number of carbonyl (C=O) groups excluding carboxylic acids is 1. The molecule has 46 heavy (non-hydrogen) atoms. The van der Waals surface area contributed by atoms with Crippen LogP contribution in [0.3, 0.4) is 0 Å². The molecule has 4 aromatic carbocycles. The number of benzene rings is 4. The zero-order valence-corrected chi connectivity index (χ0v) is 25.5. The number of nitrogens with one attached hydrogen (secondary N) is 2. The lowest BCUT2D eigenvalue weighted by atomic mass is 9.81. The first kappa shape index (κ1) is 32.1. The first-order valence-electron chi connectivity index (χ1n) is 15.0. The van der Waals surface area contributed by atoms with E-state index in [0.29, 0.717) is 48.1 Å². The largest absolute Gasteiger partial charge is 0.496 e. The van der Waals surface area contributed by atoms with E-state index in [-0.39, 0.29) is 19.6 Å². The van der Waals surface area contributed by atoms with Gasteiger partial charge < -0.3 is 19.3 Å². The second-order valence-corrected chi connectivity index (χ2v) is 10.7. The first-order chi connectivity index (χ1) is 22.6. The fourth-order valence-electron chi connectivity index (χ4n) is 5.39. The van der Waals surface area contributed by atoms with Crippen LogP contribution in [0.1, 0.15) is 40.3 Å². The second-order valence-electron chi connectivity index (χ2n) is 10.7. The van der Waals surface area contributed by atoms with Crippen LogP contribution in [0.4, 0.5) is 0 Å². The molecule has 5 rings (SSSR count). The second kappa shape index (κ2) is 15.6. The van der Waals surface area contributed by atoms with Crippen LogP contribution in [0.15, 0.2) is 113 Å². The third kappa shape index (κ3) is 7.47. The summed E-state index contributed by atoms with van der Waals surface area (Å²) in [6.45, 7) is 0.825. The average Bonchev–Trinajstić information content (AvgIpc) is 3.48. The topological polar surface area (TPSA) is 150 Å². The number of para-hydroxylation sites is 1. The van der Waals surface area contributed by atoms with E-state index < -0.39 is 17.6 Å². The zero-order valence-electron chi connectivity index (χ0n) is 25.5. The molecule has 0 spiro atoms. The van der Waals surface area contributed by atoms with Gasteiger partial charge in [0.1, 0.15) is 11.5 Å². The number of hydrogen-bond acceptors (Lipinski definition) is 8. The fourth-order valence-corrected chi connectivity index (χ4v) is 5.39. The lowest BCUT2D eigenvalue weighted by molar-refractivity contribution is -0.130. The van der Waals surface area contributed by atoms with Crippen molar-refractivity contribution in [1.82, 2.24) is 10.9 Å². The van der Waals surface area contributed by atoms with Crippen molar-refractivity contribution in [3.63, 3.8) is 0 Å². The molecule has 1 heterocycles. The van der Waals surface area contributed by atoms with Gasteiger partial charge in [-0.05, 0) is 52.6 Å². The molecule has 0 radical (unpaired) electrons. The third-order valence-corrected chi connectivity index (χ3v) is 7.66. The van der Waals surface area contributed by atoms with Crippen molar-refractivity contribution in [2.45, 2.75) is 37.6 Å². The van der Waals surface area contributed by atoms with Crippen LogP contribution in [-0.4, -0.2) is 42.8 Å². The minimum Gasteiger partial charge on any atom is -0.496 e.